The van der Waals surface area contributed by atoms with Crippen molar-refractivity contribution in [3.63, 3.8) is 0 Å². The van der Waals surface area contributed by atoms with E-state index in [1.54, 1.807) is 0 Å². The van der Waals surface area contributed by atoms with E-state index >= 15 is 0 Å². The molecule has 0 aromatic heterocycles. The SMILES string of the molecule is O=C1NC(CO)CCC1CO. The number of nitrogens with one attached hydrogen (secondary N) is 1. The minimum absolute atomic E-state index is 0.0100. The number of aliphatic hydroxyl groups excluding tert-OH is 2. The highest BCUT2D eigenvalue weighted by molar-refractivity contribution is 5.79. The van der Waals surface area contributed by atoms with E-state index in [1.807, 2.05) is 0 Å². The molecule has 4 nitrogen and oxygen atoms in total. The zero-order valence-corrected chi connectivity index (χ0v) is 6.29. The standard InChI is InChI=1S/C7H13NO3/c9-3-5-1-2-6(4-10)8-7(5)11/h5-6,9-10H,1-4H2,(H,8,11). The van der Waals surface area contributed by atoms with Crippen molar-refractivity contribution >= 4 is 5.91 Å². The number of hydrogen-bond donors (Lipinski definition) is 3. The molecule has 1 amide bonds. The van der Waals surface area contributed by atoms with Crippen molar-refractivity contribution in [2.45, 2.75) is 18.9 Å². The maximum atomic E-state index is 11.0. The van der Waals surface area contributed by atoms with Crippen LogP contribution in [0.2, 0.25) is 0 Å². The molecule has 0 aliphatic carbocycles. The number of carbonyl (C=O) groups excluding carboxylic acids is 1. The van der Waals surface area contributed by atoms with Crippen LogP contribution in [0, 0.1) is 5.92 Å². The lowest BCUT2D eigenvalue weighted by Gasteiger charge is -2.26. The minimum atomic E-state index is -0.266. The maximum Gasteiger partial charge on any atom is 0.225 e. The average molecular weight is 159 g/mol. The molecule has 11 heavy (non-hydrogen) atoms. The molecule has 3 N–H and O–H groups in total. The van der Waals surface area contributed by atoms with E-state index in [0.29, 0.717) is 6.42 Å². The second-order valence-electron chi connectivity index (χ2n) is 2.84. The Bertz CT molecular complexity index is 149. The lowest BCUT2D eigenvalue weighted by Crippen LogP contribution is -2.46. The molecule has 0 radical (unpaired) electrons. The van der Waals surface area contributed by atoms with Gasteiger partial charge in [-0.3, -0.25) is 4.79 Å². The lowest BCUT2D eigenvalue weighted by molar-refractivity contribution is -0.129. The first-order valence-electron chi connectivity index (χ1n) is 3.80. The fourth-order valence-corrected chi connectivity index (χ4v) is 1.24. The molecule has 1 rings (SSSR count). The molecule has 0 aromatic carbocycles. The number of amides is 1. The van der Waals surface area contributed by atoms with Gasteiger partial charge in [0.15, 0.2) is 0 Å². The van der Waals surface area contributed by atoms with E-state index in [-0.39, 0.29) is 31.1 Å². The second kappa shape index (κ2) is 3.69. The maximum absolute atomic E-state index is 11.0. The van der Waals surface area contributed by atoms with Crippen LogP contribution in [-0.2, 0) is 4.79 Å². The van der Waals surface area contributed by atoms with Crippen LogP contribution in [0.3, 0.4) is 0 Å². The van der Waals surface area contributed by atoms with Crippen molar-refractivity contribution in [2.75, 3.05) is 13.2 Å². The average Bonchev–Trinajstić information content (AvgIpc) is 2.04. The van der Waals surface area contributed by atoms with E-state index in [4.69, 9.17) is 10.2 Å². The van der Waals surface area contributed by atoms with Crippen LogP contribution >= 0.6 is 0 Å². The predicted molar refractivity (Wildman–Crippen MR) is 38.8 cm³/mol. The molecule has 1 aliphatic heterocycles. The van der Waals surface area contributed by atoms with Crippen molar-refractivity contribution in [2.24, 2.45) is 5.92 Å². The molecular formula is C7H13NO3. The van der Waals surface area contributed by atoms with Crippen LogP contribution in [0.5, 0.6) is 0 Å². The summed E-state index contributed by atoms with van der Waals surface area (Å²) in [5.41, 5.74) is 0. The highest BCUT2D eigenvalue weighted by Crippen LogP contribution is 2.14. The van der Waals surface area contributed by atoms with Gasteiger partial charge in [0.1, 0.15) is 0 Å². The molecule has 4 heteroatoms. The highest BCUT2D eigenvalue weighted by atomic mass is 16.3. The number of aliphatic hydroxyl groups is 2. The van der Waals surface area contributed by atoms with Crippen LogP contribution < -0.4 is 5.32 Å². The summed E-state index contributed by atoms with van der Waals surface area (Å²) in [5.74, 6) is -0.407. The first-order valence-corrected chi connectivity index (χ1v) is 3.80. The fourth-order valence-electron chi connectivity index (χ4n) is 1.24. The van der Waals surface area contributed by atoms with Crippen LogP contribution in [0.1, 0.15) is 12.8 Å². The van der Waals surface area contributed by atoms with E-state index in [9.17, 15) is 4.79 Å². The summed E-state index contributed by atoms with van der Waals surface area (Å²) in [4.78, 5) is 11.0. The Balaban J connectivity index is 2.41. The Morgan fingerprint density at radius 1 is 1.36 bits per heavy atom. The van der Waals surface area contributed by atoms with E-state index in [2.05, 4.69) is 5.32 Å². The van der Waals surface area contributed by atoms with Gasteiger partial charge < -0.3 is 15.5 Å². The highest BCUT2D eigenvalue weighted by Gasteiger charge is 2.26. The van der Waals surface area contributed by atoms with Gasteiger partial charge >= 0.3 is 0 Å². The van der Waals surface area contributed by atoms with E-state index in [0.717, 1.165) is 6.42 Å². The summed E-state index contributed by atoms with van der Waals surface area (Å²) >= 11 is 0. The van der Waals surface area contributed by atoms with E-state index in [1.165, 1.54) is 0 Å². The smallest absolute Gasteiger partial charge is 0.225 e. The molecule has 0 spiro atoms. The topological polar surface area (TPSA) is 69.6 Å². The molecule has 0 saturated carbocycles. The van der Waals surface area contributed by atoms with Crippen LogP contribution in [0.4, 0.5) is 0 Å². The minimum Gasteiger partial charge on any atom is -0.396 e. The lowest BCUT2D eigenvalue weighted by atomic mass is 9.95. The van der Waals surface area contributed by atoms with Crippen molar-refractivity contribution in [3.8, 4) is 0 Å². The van der Waals surface area contributed by atoms with Crippen molar-refractivity contribution < 1.29 is 15.0 Å². The Labute approximate surface area is 65.2 Å². The largest absolute Gasteiger partial charge is 0.396 e. The van der Waals surface area contributed by atoms with Crippen LogP contribution in [0.25, 0.3) is 0 Å². The quantitative estimate of drug-likeness (QED) is 0.477. The third kappa shape index (κ3) is 1.91. The molecular weight excluding hydrogens is 146 g/mol. The molecule has 0 bridgehead atoms. The molecule has 64 valence electrons. The van der Waals surface area contributed by atoms with Crippen LogP contribution in [0.15, 0.2) is 0 Å². The van der Waals surface area contributed by atoms with Gasteiger partial charge in [-0.05, 0) is 12.8 Å². The zero-order valence-electron chi connectivity index (χ0n) is 6.29. The van der Waals surface area contributed by atoms with Gasteiger partial charge in [0.25, 0.3) is 0 Å². The van der Waals surface area contributed by atoms with Gasteiger partial charge in [0.05, 0.1) is 25.2 Å². The van der Waals surface area contributed by atoms with Crippen molar-refractivity contribution in [1.82, 2.24) is 5.32 Å². The predicted octanol–water partition coefficient (Wildman–Crippen LogP) is -1.13. The summed E-state index contributed by atoms with van der Waals surface area (Å²) in [6.45, 7) is -0.103. The Hall–Kier alpha value is -0.610. The summed E-state index contributed by atoms with van der Waals surface area (Å²) < 4.78 is 0. The Morgan fingerprint density at radius 2 is 2.09 bits per heavy atom. The third-order valence-corrected chi connectivity index (χ3v) is 2.02. The van der Waals surface area contributed by atoms with Crippen molar-refractivity contribution in [1.29, 1.82) is 0 Å². The van der Waals surface area contributed by atoms with Gasteiger partial charge in [-0.2, -0.15) is 0 Å². The normalized spacial score (nSPS) is 31.6. The molecule has 1 saturated heterocycles. The number of piperidine rings is 1. The monoisotopic (exact) mass is 159 g/mol. The molecule has 1 fully saturated rings. The van der Waals surface area contributed by atoms with Crippen LogP contribution in [-0.4, -0.2) is 35.4 Å². The molecule has 0 aromatic rings. The second-order valence-corrected chi connectivity index (χ2v) is 2.84. The Morgan fingerprint density at radius 3 is 2.55 bits per heavy atom. The number of carbonyl (C=O) groups is 1. The summed E-state index contributed by atoms with van der Waals surface area (Å²) in [7, 11) is 0. The first-order chi connectivity index (χ1) is 5.27. The van der Waals surface area contributed by atoms with Crippen molar-refractivity contribution in [3.05, 3.63) is 0 Å². The van der Waals surface area contributed by atoms with Gasteiger partial charge in [-0.15, -0.1) is 0 Å². The van der Waals surface area contributed by atoms with Gasteiger partial charge in [-0.25, -0.2) is 0 Å². The molecule has 2 unspecified atom stereocenters. The molecule has 2 atom stereocenters. The Kier molecular flexibility index (Phi) is 2.84. The van der Waals surface area contributed by atoms with Gasteiger partial charge in [-0.1, -0.05) is 0 Å². The van der Waals surface area contributed by atoms with Gasteiger partial charge in [0.2, 0.25) is 5.91 Å². The summed E-state index contributed by atoms with van der Waals surface area (Å²) in [6, 6.07) is -0.106. The first kappa shape index (κ1) is 8.49. The zero-order chi connectivity index (χ0) is 8.27. The summed E-state index contributed by atoms with van der Waals surface area (Å²) in [5, 5.41) is 20.0. The number of hydrogen-bond acceptors (Lipinski definition) is 3. The fraction of sp³-hybridized carbons (Fsp3) is 0.857. The number of rotatable bonds is 2. The summed E-state index contributed by atoms with van der Waals surface area (Å²) in [6.07, 6.45) is 1.43. The van der Waals surface area contributed by atoms with Gasteiger partial charge in [0, 0.05) is 0 Å². The third-order valence-electron chi connectivity index (χ3n) is 2.02. The molecule has 1 aliphatic rings. The van der Waals surface area contributed by atoms with E-state index < -0.39 is 0 Å². The molecule has 1 heterocycles.